The fourth-order valence-electron chi connectivity index (χ4n) is 4.20. The van der Waals surface area contributed by atoms with Crippen molar-refractivity contribution in [2.24, 2.45) is 5.92 Å². The van der Waals surface area contributed by atoms with Gasteiger partial charge in [-0.15, -0.1) is 0 Å². The lowest BCUT2D eigenvalue weighted by molar-refractivity contribution is -0.137. The second-order valence-corrected chi connectivity index (χ2v) is 8.77. The first-order chi connectivity index (χ1) is 17.6. The summed E-state index contributed by atoms with van der Waals surface area (Å²) in [7, 11) is 1.38. The van der Waals surface area contributed by atoms with Crippen LogP contribution in [0.4, 0.5) is 18.9 Å². The Morgan fingerprint density at radius 2 is 1.89 bits per heavy atom. The summed E-state index contributed by atoms with van der Waals surface area (Å²) in [6.07, 6.45) is -3.69. The number of para-hydroxylation sites is 1. The summed E-state index contributed by atoms with van der Waals surface area (Å²) in [5.74, 6) is -2.00. The Hall–Kier alpha value is -4.46. The van der Waals surface area contributed by atoms with Gasteiger partial charge >= 0.3 is 6.18 Å². The molecule has 0 saturated carbocycles. The van der Waals surface area contributed by atoms with E-state index in [9.17, 15) is 32.8 Å². The zero-order valence-corrected chi connectivity index (χ0v) is 19.7. The molecule has 2 unspecified atom stereocenters. The van der Waals surface area contributed by atoms with E-state index in [1.807, 2.05) is 12.1 Å². The molecule has 2 heterocycles. The van der Waals surface area contributed by atoms with Crippen LogP contribution >= 0.6 is 0 Å². The molecule has 37 heavy (non-hydrogen) atoms. The number of likely N-dealkylation sites (tertiary alicyclic amines) is 1. The summed E-state index contributed by atoms with van der Waals surface area (Å²) < 4.78 is 39.1. The fraction of sp³-hybridized carbons (Fsp3) is 0.269. The molecule has 1 fully saturated rings. The smallest absolute Gasteiger partial charge is 0.332 e. The highest BCUT2D eigenvalue weighted by Crippen LogP contribution is 2.31. The maximum absolute atomic E-state index is 13.0. The first kappa shape index (κ1) is 25.6. The lowest BCUT2D eigenvalue weighted by Crippen LogP contribution is -2.43. The number of rotatable bonds is 5. The highest BCUT2D eigenvalue weighted by atomic mass is 19.4. The van der Waals surface area contributed by atoms with Crippen LogP contribution in [0.2, 0.25) is 0 Å². The Morgan fingerprint density at radius 1 is 1.16 bits per heavy atom. The third-order valence-corrected chi connectivity index (χ3v) is 6.16. The highest BCUT2D eigenvalue weighted by molar-refractivity contribution is 5.99. The Morgan fingerprint density at radius 3 is 2.57 bits per heavy atom. The Balaban J connectivity index is 1.43. The number of benzene rings is 2. The Labute approximate surface area is 210 Å². The molecular weight excluding hydrogens is 487 g/mol. The maximum atomic E-state index is 13.0. The molecule has 190 valence electrons. The Bertz CT molecular complexity index is 1390. The van der Waals surface area contributed by atoms with Crippen LogP contribution in [0.15, 0.2) is 60.8 Å². The number of hydrogen-bond acceptors (Lipinski definition) is 5. The predicted molar refractivity (Wildman–Crippen MR) is 128 cm³/mol. The topological polar surface area (TPSA) is 106 Å². The quantitative estimate of drug-likeness (QED) is 0.565. The zero-order chi connectivity index (χ0) is 26.7. The third-order valence-electron chi connectivity index (χ3n) is 6.16. The maximum Gasteiger partial charge on any atom is 0.417 e. The van der Waals surface area contributed by atoms with Crippen LogP contribution in [0, 0.1) is 17.2 Å². The van der Waals surface area contributed by atoms with Crippen LogP contribution in [0.1, 0.15) is 22.3 Å². The van der Waals surface area contributed by atoms with E-state index >= 15 is 0 Å². The van der Waals surface area contributed by atoms with Gasteiger partial charge in [0, 0.05) is 36.4 Å². The summed E-state index contributed by atoms with van der Waals surface area (Å²) in [5, 5.41) is 12.4. The number of amides is 3. The van der Waals surface area contributed by atoms with E-state index < -0.39 is 35.5 Å². The van der Waals surface area contributed by atoms with Gasteiger partial charge < -0.3 is 15.1 Å². The number of alkyl halides is 3. The number of halogens is 3. The lowest BCUT2D eigenvalue weighted by Gasteiger charge is -2.24. The monoisotopic (exact) mass is 509 g/mol. The summed E-state index contributed by atoms with van der Waals surface area (Å²) in [6, 6.07) is 15.1. The molecule has 2 atom stereocenters. The second kappa shape index (κ2) is 10.3. The predicted octanol–water partition coefficient (Wildman–Crippen LogP) is 3.70. The van der Waals surface area contributed by atoms with Crippen LogP contribution in [0.25, 0.3) is 10.9 Å². The average Bonchev–Trinajstić information content (AvgIpc) is 3.32. The first-order valence-electron chi connectivity index (χ1n) is 11.3. The van der Waals surface area contributed by atoms with Gasteiger partial charge in [-0.1, -0.05) is 18.2 Å². The number of likely N-dealkylation sites (N-methyl/N-ethyl adjacent to an activating group) is 1. The lowest BCUT2D eigenvalue weighted by atomic mass is 10.1. The molecule has 3 amide bonds. The average molecular weight is 509 g/mol. The minimum atomic E-state index is -4.58. The molecule has 8 nitrogen and oxygen atoms in total. The molecular formula is C26H22F3N5O3. The molecule has 3 aromatic rings. The minimum Gasteiger partial charge on any atom is -0.332 e. The number of carbonyl (C=O) groups is 3. The molecule has 0 radical (unpaired) electrons. The van der Waals surface area contributed by atoms with Gasteiger partial charge in [0.15, 0.2) is 0 Å². The van der Waals surface area contributed by atoms with Crippen LogP contribution < -0.4 is 5.32 Å². The van der Waals surface area contributed by atoms with E-state index in [-0.39, 0.29) is 41.9 Å². The number of nitriles is 1. The van der Waals surface area contributed by atoms with Crippen molar-refractivity contribution >= 4 is 34.3 Å². The summed E-state index contributed by atoms with van der Waals surface area (Å²) >= 11 is 0. The molecule has 0 aliphatic carbocycles. The van der Waals surface area contributed by atoms with Gasteiger partial charge in [0.1, 0.15) is 6.04 Å². The standard InChI is InChI=1S/C26H22F3N5O3/c1-33(25(37)16-7-8-22-17(9-16)10-19(13-31-22)26(27,28)29)15-23(35)34-14-18(11-21(34)12-30)24(36)32-20-5-3-2-4-6-20/h2-10,13,18,21H,11,14-15H2,1H3,(H,32,36). The molecule has 2 aromatic carbocycles. The van der Waals surface area contributed by atoms with Crippen molar-refractivity contribution in [3.63, 3.8) is 0 Å². The molecule has 1 aliphatic rings. The largest absolute Gasteiger partial charge is 0.417 e. The van der Waals surface area contributed by atoms with Crippen molar-refractivity contribution in [3.8, 4) is 6.07 Å². The third kappa shape index (κ3) is 5.69. The normalized spacial score (nSPS) is 17.3. The first-order valence-corrected chi connectivity index (χ1v) is 11.3. The molecule has 1 aromatic heterocycles. The van der Waals surface area contributed by atoms with Gasteiger partial charge in [-0.05, 0) is 42.8 Å². The van der Waals surface area contributed by atoms with Crippen molar-refractivity contribution in [3.05, 3.63) is 71.9 Å². The van der Waals surface area contributed by atoms with E-state index in [1.165, 1.54) is 30.1 Å². The molecule has 11 heteroatoms. The van der Waals surface area contributed by atoms with Crippen molar-refractivity contribution in [1.29, 1.82) is 5.26 Å². The van der Waals surface area contributed by atoms with Gasteiger partial charge in [0.25, 0.3) is 5.91 Å². The molecule has 4 rings (SSSR count). The second-order valence-electron chi connectivity index (χ2n) is 8.77. The fourth-order valence-corrected chi connectivity index (χ4v) is 4.20. The van der Waals surface area contributed by atoms with Crippen LogP contribution in [0.3, 0.4) is 0 Å². The van der Waals surface area contributed by atoms with E-state index in [4.69, 9.17) is 0 Å². The summed E-state index contributed by atoms with van der Waals surface area (Å²) in [6.45, 7) is -0.345. The minimum absolute atomic E-state index is 0.0274. The van der Waals surface area contributed by atoms with Gasteiger partial charge in [-0.2, -0.15) is 18.4 Å². The summed E-state index contributed by atoms with van der Waals surface area (Å²) in [4.78, 5) is 44.7. The number of fused-ring (bicyclic) bond motifs is 1. The molecule has 1 saturated heterocycles. The van der Waals surface area contributed by atoms with Crippen LogP contribution in [0.5, 0.6) is 0 Å². The number of aromatic nitrogens is 1. The number of hydrogen-bond donors (Lipinski definition) is 1. The van der Waals surface area contributed by atoms with E-state index in [0.29, 0.717) is 5.69 Å². The summed E-state index contributed by atoms with van der Waals surface area (Å²) in [5.41, 5.74) is 0.0407. The number of anilines is 1. The Kier molecular flexibility index (Phi) is 7.11. The number of pyridine rings is 1. The molecule has 0 bridgehead atoms. The van der Waals surface area contributed by atoms with Crippen LogP contribution in [-0.2, 0) is 15.8 Å². The number of nitrogens with one attached hydrogen (secondary N) is 1. The highest BCUT2D eigenvalue weighted by Gasteiger charge is 2.39. The molecule has 0 spiro atoms. The van der Waals surface area contributed by atoms with Gasteiger partial charge in [-0.25, -0.2) is 0 Å². The van der Waals surface area contributed by atoms with Crippen molar-refractivity contribution in [1.82, 2.24) is 14.8 Å². The van der Waals surface area contributed by atoms with Crippen LogP contribution in [-0.4, -0.2) is 58.7 Å². The van der Waals surface area contributed by atoms with Crippen molar-refractivity contribution < 1.29 is 27.6 Å². The molecule has 1 aliphatic heterocycles. The van der Waals surface area contributed by atoms with Gasteiger partial charge in [0.2, 0.25) is 11.8 Å². The van der Waals surface area contributed by atoms with Crippen molar-refractivity contribution in [2.45, 2.75) is 18.6 Å². The number of carbonyl (C=O) groups excluding carboxylic acids is 3. The number of nitrogens with zero attached hydrogens (tertiary/aromatic N) is 4. The zero-order valence-electron chi connectivity index (χ0n) is 19.7. The van der Waals surface area contributed by atoms with Gasteiger partial charge in [0.05, 0.1) is 29.6 Å². The SMILES string of the molecule is CN(CC(=O)N1CC(C(=O)Nc2ccccc2)CC1C#N)C(=O)c1ccc2ncc(C(F)(F)F)cc2c1. The molecule has 1 N–H and O–H groups in total. The van der Waals surface area contributed by atoms with E-state index in [2.05, 4.69) is 10.3 Å². The van der Waals surface area contributed by atoms with E-state index in [1.54, 1.807) is 24.3 Å². The van der Waals surface area contributed by atoms with Crippen molar-refractivity contribution in [2.75, 3.05) is 25.5 Å². The van der Waals surface area contributed by atoms with Gasteiger partial charge in [-0.3, -0.25) is 19.4 Å². The van der Waals surface area contributed by atoms with E-state index in [0.717, 1.165) is 17.2 Å².